The van der Waals surface area contributed by atoms with Crippen LogP contribution in [0, 0.1) is 0 Å². The summed E-state index contributed by atoms with van der Waals surface area (Å²) in [7, 11) is 0. The van der Waals surface area contributed by atoms with Gasteiger partial charge in [-0.15, -0.1) is 0 Å². The third-order valence-electron chi connectivity index (χ3n) is 14.5. The summed E-state index contributed by atoms with van der Waals surface area (Å²) in [6.45, 7) is 9.46. The van der Waals surface area contributed by atoms with E-state index in [9.17, 15) is 0 Å². The summed E-state index contributed by atoms with van der Waals surface area (Å²) in [4.78, 5) is 0. The predicted molar refractivity (Wildman–Crippen MR) is 258 cm³/mol. The third kappa shape index (κ3) is 4.72. The minimum atomic E-state index is -0.0755. The first-order valence-corrected chi connectivity index (χ1v) is 21.6. The number of rotatable bonds is 3. The summed E-state index contributed by atoms with van der Waals surface area (Å²) in [5, 5.41) is 9.89. The standard InChI is InChI=1S/C60H42O/c1-59(2)51-27-23-36(32-49(51)58-40-14-6-5-13-35(40)22-28-52(58)59)37-24-29-54-47(31-37)48-33-38(25-30-55(48)61-54)56-43-16-7-9-18-45(43)57(46-19-10-8-17-44(46)56)39-21-26-42-41-15-11-12-20-50(41)60(3,4)53(42)34-39/h5-34H,1-4H3. The van der Waals surface area contributed by atoms with E-state index in [4.69, 9.17) is 4.42 Å². The summed E-state index contributed by atoms with van der Waals surface area (Å²) in [6.07, 6.45) is 0. The van der Waals surface area contributed by atoms with E-state index in [2.05, 4.69) is 210 Å². The molecule has 1 heteroatoms. The molecule has 0 fully saturated rings. The zero-order valence-corrected chi connectivity index (χ0v) is 34.7. The van der Waals surface area contributed by atoms with Crippen LogP contribution in [-0.4, -0.2) is 0 Å². The van der Waals surface area contributed by atoms with Crippen molar-refractivity contribution < 1.29 is 4.42 Å². The molecule has 0 saturated carbocycles. The Morgan fingerprint density at radius 3 is 1.48 bits per heavy atom. The minimum absolute atomic E-state index is 0.0640. The number of hydrogen-bond acceptors (Lipinski definition) is 1. The Morgan fingerprint density at radius 2 is 0.770 bits per heavy atom. The molecule has 1 aromatic heterocycles. The molecule has 0 aliphatic heterocycles. The lowest BCUT2D eigenvalue weighted by atomic mass is 9.80. The second-order valence-electron chi connectivity index (χ2n) is 18.4. The van der Waals surface area contributed by atoms with Crippen LogP contribution in [0.25, 0.3) is 110 Å². The van der Waals surface area contributed by atoms with Gasteiger partial charge in [0.1, 0.15) is 11.2 Å². The van der Waals surface area contributed by atoms with Crippen LogP contribution in [0.15, 0.2) is 186 Å². The van der Waals surface area contributed by atoms with Gasteiger partial charge in [-0.1, -0.05) is 173 Å². The van der Waals surface area contributed by atoms with E-state index < -0.39 is 0 Å². The zero-order chi connectivity index (χ0) is 40.8. The van der Waals surface area contributed by atoms with Crippen molar-refractivity contribution in [3.63, 3.8) is 0 Å². The van der Waals surface area contributed by atoms with E-state index in [-0.39, 0.29) is 10.8 Å². The molecule has 0 spiro atoms. The highest BCUT2D eigenvalue weighted by molar-refractivity contribution is 6.22. The van der Waals surface area contributed by atoms with Crippen molar-refractivity contribution in [3.05, 3.63) is 204 Å². The zero-order valence-electron chi connectivity index (χ0n) is 34.7. The monoisotopic (exact) mass is 778 g/mol. The smallest absolute Gasteiger partial charge is 0.135 e. The summed E-state index contributed by atoms with van der Waals surface area (Å²) >= 11 is 0. The Kier molecular flexibility index (Phi) is 6.91. The van der Waals surface area contributed by atoms with Gasteiger partial charge in [-0.3, -0.25) is 0 Å². The Balaban J connectivity index is 0.976. The molecular weight excluding hydrogens is 737 g/mol. The molecule has 0 N–H and O–H groups in total. The van der Waals surface area contributed by atoms with E-state index in [0.717, 1.165) is 21.9 Å². The van der Waals surface area contributed by atoms with Crippen LogP contribution in [0.5, 0.6) is 0 Å². The lowest BCUT2D eigenvalue weighted by Gasteiger charge is -2.23. The highest BCUT2D eigenvalue weighted by atomic mass is 16.3. The molecule has 2 aliphatic rings. The van der Waals surface area contributed by atoms with Gasteiger partial charge in [0.2, 0.25) is 0 Å². The summed E-state index contributed by atoms with van der Waals surface area (Å²) in [5.41, 5.74) is 20.0. The van der Waals surface area contributed by atoms with Gasteiger partial charge in [0, 0.05) is 21.6 Å². The topological polar surface area (TPSA) is 13.1 Å². The molecule has 0 unspecified atom stereocenters. The number of hydrogen-bond donors (Lipinski definition) is 0. The first kappa shape index (κ1) is 34.6. The normalized spacial score (nSPS) is 14.5. The van der Waals surface area contributed by atoms with Crippen molar-refractivity contribution >= 4 is 54.3 Å². The Hall–Kier alpha value is -7.22. The fraction of sp³-hybridized carbons (Fsp3) is 0.100. The molecule has 61 heavy (non-hydrogen) atoms. The van der Waals surface area contributed by atoms with Gasteiger partial charge in [0.15, 0.2) is 0 Å². The predicted octanol–water partition coefficient (Wildman–Crippen LogP) is 16.7. The van der Waals surface area contributed by atoms with E-state index >= 15 is 0 Å². The van der Waals surface area contributed by atoms with Crippen molar-refractivity contribution in [3.8, 4) is 55.6 Å². The van der Waals surface area contributed by atoms with Gasteiger partial charge in [0.25, 0.3) is 0 Å². The molecule has 288 valence electrons. The molecule has 1 heterocycles. The van der Waals surface area contributed by atoms with Crippen LogP contribution in [0.1, 0.15) is 49.9 Å². The van der Waals surface area contributed by atoms with Crippen LogP contribution in [-0.2, 0) is 10.8 Å². The number of furan rings is 1. The Bertz CT molecular complexity index is 3650. The van der Waals surface area contributed by atoms with Crippen molar-refractivity contribution in [2.45, 2.75) is 38.5 Å². The maximum atomic E-state index is 6.56. The summed E-state index contributed by atoms with van der Waals surface area (Å²) in [5.74, 6) is 0. The number of fused-ring (bicyclic) bond motifs is 13. The average molecular weight is 779 g/mol. The van der Waals surface area contributed by atoms with Crippen molar-refractivity contribution in [2.24, 2.45) is 0 Å². The number of benzene rings is 10. The summed E-state index contributed by atoms with van der Waals surface area (Å²) in [6, 6.07) is 68.0. The first-order chi connectivity index (χ1) is 29.8. The second-order valence-corrected chi connectivity index (χ2v) is 18.4. The molecule has 13 rings (SSSR count). The van der Waals surface area contributed by atoms with Gasteiger partial charge < -0.3 is 4.42 Å². The quantitative estimate of drug-likeness (QED) is 0.163. The van der Waals surface area contributed by atoms with E-state index in [1.54, 1.807) is 0 Å². The van der Waals surface area contributed by atoms with Crippen LogP contribution in [0.4, 0.5) is 0 Å². The first-order valence-electron chi connectivity index (χ1n) is 21.6. The van der Waals surface area contributed by atoms with Crippen molar-refractivity contribution in [2.75, 3.05) is 0 Å². The minimum Gasteiger partial charge on any atom is -0.456 e. The van der Waals surface area contributed by atoms with Gasteiger partial charge >= 0.3 is 0 Å². The largest absolute Gasteiger partial charge is 0.456 e. The fourth-order valence-electron chi connectivity index (χ4n) is 11.4. The SMILES string of the molecule is CC1(C)c2ccccc2-c2ccc(-c3c4ccccc4c(-c4ccc5oc6ccc(-c7ccc8c(c7)-c7c(ccc9ccccc79)C8(C)C)cc6c5c4)c4ccccc34)cc21. The van der Waals surface area contributed by atoms with Crippen LogP contribution < -0.4 is 0 Å². The van der Waals surface area contributed by atoms with Crippen LogP contribution >= 0.6 is 0 Å². The average Bonchev–Trinajstić information content (AvgIpc) is 3.86. The van der Waals surface area contributed by atoms with Crippen molar-refractivity contribution in [1.29, 1.82) is 0 Å². The highest BCUT2D eigenvalue weighted by Crippen LogP contribution is 2.54. The van der Waals surface area contributed by atoms with Gasteiger partial charge in [-0.25, -0.2) is 0 Å². The van der Waals surface area contributed by atoms with Gasteiger partial charge in [-0.05, 0) is 147 Å². The lowest BCUT2D eigenvalue weighted by molar-refractivity contribution is 0.660. The summed E-state index contributed by atoms with van der Waals surface area (Å²) < 4.78 is 6.56. The highest BCUT2D eigenvalue weighted by Gasteiger charge is 2.37. The molecule has 0 amide bonds. The third-order valence-corrected chi connectivity index (χ3v) is 14.5. The van der Waals surface area contributed by atoms with Crippen LogP contribution in [0.3, 0.4) is 0 Å². The van der Waals surface area contributed by atoms with Crippen molar-refractivity contribution in [1.82, 2.24) is 0 Å². The fourth-order valence-corrected chi connectivity index (χ4v) is 11.4. The molecule has 0 atom stereocenters. The lowest BCUT2D eigenvalue weighted by Crippen LogP contribution is -2.14. The molecule has 10 aromatic carbocycles. The van der Waals surface area contributed by atoms with Gasteiger partial charge in [0.05, 0.1) is 0 Å². The Morgan fingerprint density at radius 1 is 0.295 bits per heavy atom. The molecule has 0 radical (unpaired) electrons. The maximum Gasteiger partial charge on any atom is 0.135 e. The molecule has 11 aromatic rings. The Labute approximate surface area is 355 Å². The maximum absolute atomic E-state index is 6.56. The molecular formula is C60H42O. The molecule has 1 nitrogen and oxygen atoms in total. The van der Waals surface area contributed by atoms with E-state index in [1.807, 2.05) is 0 Å². The van der Waals surface area contributed by atoms with Crippen LogP contribution in [0.2, 0.25) is 0 Å². The second kappa shape index (κ2) is 12.2. The molecule has 0 saturated heterocycles. The van der Waals surface area contributed by atoms with Gasteiger partial charge in [-0.2, -0.15) is 0 Å². The van der Waals surface area contributed by atoms with E-state index in [1.165, 1.54) is 110 Å². The molecule has 2 aliphatic carbocycles. The van der Waals surface area contributed by atoms with E-state index in [0.29, 0.717) is 0 Å². The molecule has 0 bridgehead atoms.